The Balaban J connectivity index is 1.75. The number of allylic oxidation sites excluding steroid dienone is 1. The minimum Gasteiger partial charge on any atom is -0.468 e. The van der Waals surface area contributed by atoms with E-state index in [-0.39, 0.29) is 17.9 Å². The van der Waals surface area contributed by atoms with Crippen LogP contribution in [0.2, 0.25) is 0 Å². The van der Waals surface area contributed by atoms with Gasteiger partial charge < -0.3 is 9.72 Å². The lowest BCUT2D eigenvalue weighted by Gasteiger charge is -2.28. The minimum absolute atomic E-state index is 0.133. The molecule has 0 amide bonds. The van der Waals surface area contributed by atoms with Crippen LogP contribution in [-0.4, -0.2) is 43.4 Å². The molecule has 162 valence electrons. The number of carbonyl (C=O) groups excluding carboxylic acids is 1. The highest BCUT2D eigenvalue weighted by atomic mass is 32.2. The van der Waals surface area contributed by atoms with E-state index < -0.39 is 22.0 Å². The maximum atomic E-state index is 13.6. The summed E-state index contributed by atoms with van der Waals surface area (Å²) in [6.07, 6.45) is 5.91. The van der Waals surface area contributed by atoms with Crippen LogP contribution >= 0.6 is 0 Å². The molecular weight excluding hydrogens is 412 g/mol. The largest absolute Gasteiger partial charge is 0.468 e. The second-order valence-electron chi connectivity index (χ2n) is 7.85. The Labute approximate surface area is 182 Å². The maximum absolute atomic E-state index is 13.6. The Kier molecular flexibility index (Phi) is 5.98. The van der Waals surface area contributed by atoms with Gasteiger partial charge in [-0.15, -0.1) is 0 Å². The second kappa shape index (κ2) is 8.69. The molecule has 1 N–H and O–H groups in total. The van der Waals surface area contributed by atoms with Gasteiger partial charge in [0.05, 0.1) is 12.0 Å². The molecule has 1 aliphatic rings. The predicted molar refractivity (Wildman–Crippen MR) is 120 cm³/mol. The van der Waals surface area contributed by atoms with Crippen LogP contribution in [0.5, 0.6) is 0 Å². The molecule has 1 aromatic heterocycles. The summed E-state index contributed by atoms with van der Waals surface area (Å²) >= 11 is 0. The van der Waals surface area contributed by atoms with Gasteiger partial charge in [-0.3, -0.25) is 4.79 Å². The number of rotatable bonds is 8. The number of aryl methyl sites for hydroxylation is 1. The van der Waals surface area contributed by atoms with Gasteiger partial charge in [0.15, 0.2) is 0 Å². The van der Waals surface area contributed by atoms with Gasteiger partial charge in [-0.05, 0) is 43.5 Å². The number of methoxy groups -OCH3 is 1. The third-order valence-corrected chi connectivity index (χ3v) is 7.52. The first kappa shape index (κ1) is 21.3. The van der Waals surface area contributed by atoms with Gasteiger partial charge in [-0.2, -0.15) is 4.31 Å². The van der Waals surface area contributed by atoms with Gasteiger partial charge in [-0.1, -0.05) is 47.5 Å². The van der Waals surface area contributed by atoms with Crippen molar-refractivity contribution in [3.63, 3.8) is 0 Å². The van der Waals surface area contributed by atoms with E-state index in [1.54, 1.807) is 24.3 Å². The summed E-state index contributed by atoms with van der Waals surface area (Å²) in [7, 11) is -2.63. The van der Waals surface area contributed by atoms with Crippen molar-refractivity contribution in [1.82, 2.24) is 9.29 Å². The van der Waals surface area contributed by atoms with Crippen molar-refractivity contribution in [2.24, 2.45) is 0 Å². The average Bonchev–Trinajstić information content (AvgIpc) is 3.51. The Hall–Kier alpha value is -2.90. The van der Waals surface area contributed by atoms with E-state index in [2.05, 4.69) is 4.98 Å². The highest BCUT2D eigenvalue weighted by Crippen LogP contribution is 2.29. The molecule has 0 bridgehead atoms. The molecule has 1 heterocycles. The van der Waals surface area contributed by atoms with Gasteiger partial charge in [-0.25, -0.2) is 8.42 Å². The quantitative estimate of drug-likeness (QED) is 0.426. The Morgan fingerprint density at radius 3 is 2.55 bits per heavy atom. The molecule has 4 rings (SSSR count). The van der Waals surface area contributed by atoms with Crippen molar-refractivity contribution in [2.45, 2.75) is 37.1 Å². The number of sulfonamides is 1. The number of benzene rings is 2. The summed E-state index contributed by atoms with van der Waals surface area (Å²) in [5, 5.41) is 0.963. The molecule has 0 aliphatic heterocycles. The van der Waals surface area contributed by atoms with Crippen LogP contribution in [0.15, 0.2) is 71.3 Å². The smallest absolute Gasteiger partial charge is 0.324 e. The molecule has 7 heteroatoms. The normalized spacial score (nSPS) is 14.6. The zero-order valence-electron chi connectivity index (χ0n) is 17.7. The van der Waals surface area contributed by atoms with E-state index in [1.165, 1.54) is 17.0 Å². The van der Waals surface area contributed by atoms with Crippen LogP contribution in [0, 0.1) is 6.92 Å². The zero-order chi connectivity index (χ0) is 22.0. The van der Waals surface area contributed by atoms with E-state index in [0.29, 0.717) is 0 Å². The number of hydrogen-bond acceptors (Lipinski definition) is 4. The SMILES string of the molecule is COC(=O)[C@H](Cc1c[nH]c2ccccc12)N(CC=C1CC1)S(=O)(=O)c1ccc(C)cc1. The summed E-state index contributed by atoms with van der Waals surface area (Å²) in [5.41, 5.74) is 3.98. The number of aromatic amines is 1. The van der Waals surface area contributed by atoms with Crippen LogP contribution < -0.4 is 0 Å². The number of carbonyl (C=O) groups is 1. The molecule has 0 unspecified atom stereocenters. The van der Waals surface area contributed by atoms with Gasteiger partial charge in [0.1, 0.15) is 6.04 Å². The molecule has 2 aromatic carbocycles. The van der Waals surface area contributed by atoms with Crippen molar-refractivity contribution >= 4 is 26.9 Å². The van der Waals surface area contributed by atoms with E-state index >= 15 is 0 Å². The molecule has 1 atom stereocenters. The summed E-state index contributed by atoms with van der Waals surface area (Å²) in [6, 6.07) is 13.5. The van der Waals surface area contributed by atoms with Crippen molar-refractivity contribution < 1.29 is 17.9 Å². The third-order valence-electron chi connectivity index (χ3n) is 5.64. The Morgan fingerprint density at radius 1 is 1.16 bits per heavy atom. The average molecular weight is 439 g/mol. The van der Waals surface area contributed by atoms with Crippen molar-refractivity contribution in [1.29, 1.82) is 0 Å². The number of nitrogens with zero attached hydrogens (tertiary/aromatic N) is 1. The summed E-state index contributed by atoms with van der Waals surface area (Å²) in [4.78, 5) is 16.2. The summed E-state index contributed by atoms with van der Waals surface area (Å²) in [6.45, 7) is 2.04. The number of esters is 1. The highest BCUT2D eigenvalue weighted by Gasteiger charge is 2.37. The fourth-order valence-corrected chi connectivity index (χ4v) is 5.20. The number of hydrogen-bond donors (Lipinski definition) is 1. The fraction of sp³-hybridized carbons (Fsp3) is 0.292. The molecule has 0 saturated heterocycles. The Morgan fingerprint density at radius 2 is 1.87 bits per heavy atom. The lowest BCUT2D eigenvalue weighted by molar-refractivity contribution is -0.145. The molecule has 1 fully saturated rings. The summed E-state index contributed by atoms with van der Waals surface area (Å²) < 4.78 is 33.5. The second-order valence-corrected chi connectivity index (χ2v) is 9.74. The lowest BCUT2D eigenvalue weighted by atomic mass is 10.0. The molecule has 1 aliphatic carbocycles. The topological polar surface area (TPSA) is 79.5 Å². The molecular formula is C24H26N2O4S. The van der Waals surface area contributed by atoms with Gasteiger partial charge in [0.2, 0.25) is 10.0 Å². The van der Waals surface area contributed by atoms with E-state index in [0.717, 1.165) is 34.9 Å². The number of H-pyrrole nitrogens is 1. The van der Waals surface area contributed by atoms with Gasteiger partial charge >= 0.3 is 5.97 Å². The first-order chi connectivity index (χ1) is 14.9. The van der Waals surface area contributed by atoms with Crippen molar-refractivity contribution in [3.05, 3.63) is 77.5 Å². The number of ether oxygens (including phenoxy) is 1. The number of para-hydroxylation sites is 1. The maximum Gasteiger partial charge on any atom is 0.324 e. The van der Waals surface area contributed by atoms with E-state index in [1.807, 2.05) is 43.5 Å². The minimum atomic E-state index is -3.92. The molecule has 3 aromatic rings. The zero-order valence-corrected chi connectivity index (χ0v) is 18.5. The first-order valence-electron chi connectivity index (χ1n) is 10.3. The molecule has 1 saturated carbocycles. The van der Waals surface area contributed by atoms with E-state index in [9.17, 15) is 13.2 Å². The standard InChI is InChI=1S/C24H26N2O4S/c1-17-7-11-20(12-8-17)31(28,29)26(14-13-18-9-10-18)23(24(27)30-2)15-19-16-25-22-6-4-3-5-21(19)22/h3-8,11-13,16,23,25H,9-10,14-15H2,1-2H3/t23-/m0/s1. The van der Waals surface area contributed by atoms with E-state index in [4.69, 9.17) is 4.74 Å². The van der Waals surface area contributed by atoms with Crippen LogP contribution in [-0.2, 0) is 26.0 Å². The third kappa shape index (κ3) is 4.57. The first-order valence-corrected chi connectivity index (χ1v) is 11.7. The summed E-state index contributed by atoms with van der Waals surface area (Å²) in [5.74, 6) is -0.574. The predicted octanol–water partition coefficient (Wildman–Crippen LogP) is 3.97. The molecule has 31 heavy (non-hydrogen) atoms. The van der Waals surface area contributed by atoms with Crippen molar-refractivity contribution in [3.8, 4) is 0 Å². The lowest BCUT2D eigenvalue weighted by Crippen LogP contribution is -2.47. The number of aromatic nitrogens is 1. The van der Waals surface area contributed by atoms with Gasteiger partial charge in [0, 0.05) is 30.1 Å². The van der Waals surface area contributed by atoms with Crippen LogP contribution in [0.25, 0.3) is 10.9 Å². The molecule has 0 spiro atoms. The number of fused-ring (bicyclic) bond motifs is 1. The van der Waals surface area contributed by atoms with Crippen LogP contribution in [0.1, 0.15) is 24.0 Å². The molecule has 6 nitrogen and oxygen atoms in total. The Bertz CT molecular complexity index is 1220. The van der Waals surface area contributed by atoms with Crippen LogP contribution in [0.4, 0.5) is 0 Å². The fourth-order valence-electron chi connectivity index (χ4n) is 3.68. The van der Waals surface area contributed by atoms with Crippen LogP contribution in [0.3, 0.4) is 0 Å². The highest BCUT2D eigenvalue weighted by molar-refractivity contribution is 7.89. The van der Waals surface area contributed by atoms with Crippen molar-refractivity contribution in [2.75, 3.05) is 13.7 Å². The monoisotopic (exact) mass is 438 g/mol. The number of nitrogens with one attached hydrogen (secondary N) is 1. The molecule has 0 radical (unpaired) electrons. The van der Waals surface area contributed by atoms with Gasteiger partial charge in [0.25, 0.3) is 0 Å².